The summed E-state index contributed by atoms with van der Waals surface area (Å²) in [5.74, 6) is 0.0841. The molecule has 6 heteroatoms. The average Bonchev–Trinajstić information content (AvgIpc) is 2.46. The van der Waals surface area contributed by atoms with Gasteiger partial charge in [-0.3, -0.25) is 0 Å². The quantitative estimate of drug-likeness (QED) is 0.528. The van der Waals surface area contributed by atoms with Gasteiger partial charge in [0, 0.05) is 18.7 Å². The molecule has 0 radical (unpaired) electrons. The number of halogens is 1. The number of phenolic OH excluding ortho intramolecular Hbond substituents is 3. The van der Waals surface area contributed by atoms with Crippen molar-refractivity contribution < 1.29 is 20.4 Å². The van der Waals surface area contributed by atoms with Crippen LogP contribution in [0, 0.1) is 0 Å². The van der Waals surface area contributed by atoms with Gasteiger partial charge >= 0.3 is 0 Å². The van der Waals surface area contributed by atoms with E-state index in [1.807, 2.05) is 19.1 Å². The lowest BCUT2D eigenvalue weighted by molar-refractivity contribution is 0.170. The van der Waals surface area contributed by atoms with E-state index in [1.165, 1.54) is 18.2 Å². The van der Waals surface area contributed by atoms with Crippen molar-refractivity contribution >= 4 is 17.0 Å². The minimum atomic E-state index is -0.819. The maximum Gasteiger partial charge on any atom is 0.119 e. The Bertz CT molecular complexity index is 598. The highest BCUT2D eigenvalue weighted by atomic mass is 79.9. The first-order chi connectivity index (χ1) is 10.4. The van der Waals surface area contributed by atoms with Gasteiger partial charge in [0.2, 0.25) is 0 Å². The Kier molecular flexibility index (Phi) is 7.35. The van der Waals surface area contributed by atoms with E-state index in [0.717, 1.165) is 12.0 Å². The summed E-state index contributed by atoms with van der Waals surface area (Å²) in [5, 5.41) is 41.4. The Morgan fingerprint density at radius 3 is 2.04 bits per heavy atom. The van der Waals surface area contributed by atoms with Gasteiger partial charge in [-0.05, 0) is 48.7 Å². The summed E-state index contributed by atoms with van der Waals surface area (Å²) in [7, 11) is 0. The molecule has 0 aliphatic rings. The summed E-state index contributed by atoms with van der Waals surface area (Å²) in [5.41, 5.74) is 1.55. The van der Waals surface area contributed by atoms with Crippen LogP contribution in [-0.2, 0) is 6.42 Å². The summed E-state index contributed by atoms with van der Waals surface area (Å²) in [4.78, 5) is 0. The number of aliphatic hydroxyl groups excluding tert-OH is 1. The first-order valence-electron chi connectivity index (χ1n) is 7.16. The fourth-order valence-electron chi connectivity index (χ4n) is 2.30. The van der Waals surface area contributed by atoms with E-state index in [0.29, 0.717) is 12.1 Å². The average molecular weight is 384 g/mol. The zero-order valence-electron chi connectivity index (χ0n) is 12.8. The van der Waals surface area contributed by atoms with Crippen molar-refractivity contribution in [2.75, 3.05) is 6.54 Å². The number of rotatable bonds is 6. The lowest BCUT2D eigenvalue weighted by atomic mass is 10.1. The van der Waals surface area contributed by atoms with Crippen molar-refractivity contribution in [1.82, 2.24) is 5.32 Å². The van der Waals surface area contributed by atoms with Crippen LogP contribution in [0.1, 0.15) is 24.2 Å². The van der Waals surface area contributed by atoms with Crippen molar-refractivity contribution in [2.24, 2.45) is 0 Å². The largest absolute Gasteiger partial charge is 0.508 e. The number of benzene rings is 2. The van der Waals surface area contributed by atoms with E-state index in [1.54, 1.807) is 12.1 Å². The molecule has 0 spiro atoms. The fourth-order valence-corrected chi connectivity index (χ4v) is 2.30. The topological polar surface area (TPSA) is 93.0 Å². The molecule has 0 aromatic heterocycles. The second-order valence-corrected chi connectivity index (χ2v) is 5.48. The molecule has 5 nitrogen and oxygen atoms in total. The molecular weight excluding hydrogens is 362 g/mol. The summed E-state index contributed by atoms with van der Waals surface area (Å²) in [6.45, 7) is 2.31. The highest BCUT2D eigenvalue weighted by molar-refractivity contribution is 8.93. The van der Waals surface area contributed by atoms with Crippen LogP contribution in [-0.4, -0.2) is 33.0 Å². The molecule has 0 bridgehead atoms. The van der Waals surface area contributed by atoms with Crippen LogP contribution in [0.3, 0.4) is 0 Å². The molecule has 23 heavy (non-hydrogen) atoms. The van der Waals surface area contributed by atoms with Gasteiger partial charge in [-0.1, -0.05) is 12.1 Å². The Morgan fingerprint density at radius 1 is 0.913 bits per heavy atom. The number of hydrogen-bond acceptors (Lipinski definition) is 5. The smallest absolute Gasteiger partial charge is 0.119 e. The minimum Gasteiger partial charge on any atom is -0.508 e. The zero-order valence-corrected chi connectivity index (χ0v) is 14.5. The van der Waals surface area contributed by atoms with Crippen LogP contribution in [0.5, 0.6) is 17.2 Å². The minimum absolute atomic E-state index is 0. The van der Waals surface area contributed by atoms with Gasteiger partial charge in [0.15, 0.2) is 0 Å². The summed E-state index contributed by atoms with van der Waals surface area (Å²) < 4.78 is 0. The molecule has 0 saturated carbocycles. The van der Waals surface area contributed by atoms with E-state index in [-0.39, 0.29) is 40.3 Å². The van der Waals surface area contributed by atoms with Crippen LogP contribution in [0.4, 0.5) is 0 Å². The second-order valence-electron chi connectivity index (χ2n) is 5.48. The molecule has 0 saturated heterocycles. The summed E-state index contributed by atoms with van der Waals surface area (Å²) in [6.07, 6.45) is -0.0570. The molecule has 2 aromatic carbocycles. The lowest BCUT2D eigenvalue weighted by Gasteiger charge is -2.18. The molecule has 2 rings (SSSR count). The van der Waals surface area contributed by atoms with E-state index in [4.69, 9.17) is 0 Å². The fraction of sp³-hybridized carbons (Fsp3) is 0.294. The van der Waals surface area contributed by atoms with Crippen molar-refractivity contribution in [3.8, 4) is 17.2 Å². The molecule has 0 amide bonds. The maximum atomic E-state index is 10.1. The Labute approximate surface area is 146 Å². The zero-order chi connectivity index (χ0) is 16.1. The Hall–Kier alpha value is -1.76. The Balaban J connectivity index is 0.00000264. The van der Waals surface area contributed by atoms with Crippen molar-refractivity contribution in [3.05, 3.63) is 53.6 Å². The lowest BCUT2D eigenvalue weighted by Crippen LogP contribution is -2.32. The molecule has 0 unspecified atom stereocenters. The molecule has 126 valence electrons. The van der Waals surface area contributed by atoms with E-state index >= 15 is 0 Å². The molecule has 5 N–H and O–H groups in total. The molecule has 2 aromatic rings. The number of hydrogen-bond donors (Lipinski definition) is 5. The SMILES string of the molecule is Br.C[C@H](Cc1ccc(O)cc1)NC[C@H](O)c1cc(O)cc(O)c1. The monoisotopic (exact) mass is 383 g/mol. The third-order valence-electron chi connectivity index (χ3n) is 3.45. The van der Waals surface area contributed by atoms with Gasteiger partial charge in [0.25, 0.3) is 0 Å². The number of aromatic hydroxyl groups is 3. The van der Waals surface area contributed by atoms with Crippen LogP contribution in [0.2, 0.25) is 0 Å². The molecule has 2 atom stereocenters. The standard InChI is InChI=1S/C17H21NO4.BrH/c1-11(6-12-2-4-14(19)5-3-12)18-10-17(22)13-7-15(20)9-16(21)8-13;/h2-5,7-9,11,17-22H,6,10H2,1H3;1H/t11-,17+;/m1./s1. The number of nitrogens with one attached hydrogen (secondary N) is 1. The van der Waals surface area contributed by atoms with Gasteiger partial charge in [-0.2, -0.15) is 0 Å². The highest BCUT2D eigenvalue weighted by Crippen LogP contribution is 2.24. The van der Waals surface area contributed by atoms with Crippen LogP contribution >= 0.6 is 17.0 Å². The van der Waals surface area contributed by atoms with Gasteiger partial charge in [0.05, 0.1) is 6.10 Å². The number of aliphatic hydroxyl groups is 1. The van der Waals surface area contributed by atoms with Crippen molar-refractivity contribution in [1.29, 1.82) is 0 Å². The number of phenols is 3. The molecule has 0 aliphatic carbocycles. The van der Waals surface area contributed by atoms with Crippen molar-refractivity contribution in [2.45, 2.75) is 25.5 Å². The van der Waals surface area contributed by atoms with Gasteiger partial charge < -0.3 is 25.7 Å². The highest BCUT2D eigenvalue weighted by Gasteiger charge is 2.12. The molecular formula is C17H22BrNO4. The first-order valence-corrected chi connectivity index (χ1v) is 7.16. The van der Waals surface area contributed by atoms with E-state index in [9.17, 15) is 20.4 Å². The van der Waals surface area contributed by atoms with Crippen LogP contribution in [0.15, 0.2) is 42.5 Å². The maximum absolute atomic E-state index is 10.1. The summed E-state index contributed by atoms with van der Waals surface area (Å²) in [6, 6.07) is 11.2. The van der Waals surface area contributed by atoms with Crippen molar-refractivity contribution in [3.63, 3.8) is 0 Å². The normalized spacial score (nSPS) is 13.1. The predicted octanol–water partition coefficient (Wildman–Crippen LogP) is 2.64. The van der Waals surface area contributed by atoms with Crippen LogP contribution < -0.4 is 5.32 Å². The first kappa shape index (κ1) is 19.3. The summed E-state index contributed by atoms with van der Waals surface area (Å²) >= 11 is 0. The van der Waals surface area contributed by atoms with E-state index in [2.05, 4.69) is 5.32 Å². The molecule has 0 fully saturated rings. The third-order valence-corrected chi connectivity index (χ3v) is 3.45. The predicted molar refractivity (Wildman–Crippen MR) is 94.3 cm³/mol. The van der Waals surface area contributed by atoms with Gasteiger partial charge in [0.1, 0.15) is 17.2 Å². The van der Waals surface area contributed by atoms with Gasteiger partial charge in [-0.15, -0.1) is 17.0 Å². The third kappa shape index (κ3) is 6.09. The van der Waals surface area contributed by atoms with Crippen LogP contribution in [0.25, 0.3) is 0 Å². The van der Waals surface area contributed by atoms with E-state index < -0.39 is 6.10 Å². The Morgan fingerprint density at radius 2 is 1.48 bits per heavy atom. The second kappa shape index (κ2) is 8.76. The molecule has 0 aliphatic heterocycles. The van der Waals surface area contributed by atoms with Gasteiger partial charge in [-0.25, -0.2) is 0 Å². The molecule has 0 heterocycles.